The Morgan fingerprint density at radius 1 is 1.30 bits per heavy atom. The van der Waals surface area contributed by atoms with E-state index in [9.17, 15) is 19.1 Å². The zero-order valence-corrected chi connectivity index (χ0v) is 16.7. The second kappa shape index (κ2) is 8.35. The van der Waals surface area contributed by atoms with Crippen molar-refractivity contribution in [3.8, 4) is 11.3 Å². The molecular weight excluding hydrogens is 389 g/mol. The minimum Gasteiger partial charge on any atom is -0.391 e. The lowest BCUT2D eigenvalue weighted by molar-refractivity contribution is -0.129. The average Bonchev–Trinajstić information content (AvgIpc) is 3.08. The fourth-order valence-corrected chi connectivity index (χ4v) is 3.92. The fraction of sp³-hybridized carbons (Fsp3) is 0.429. The fourth-order valence-electron chi connectivity index (χ4n) is 3.92. The van der Waals surface area contributed by atoms with Gasteiger partial charge in [0, 0.05) is 37.3 Å². The number of aliphatic hydroxyl groups excluding tert-OH is 1. The predicted molar refractivity (Wildman–Crippen MR) is 109 cm³/mol. The van der Waals surface area contributed by atoms with Gasteiger partial charge in [-0.05, 0) is 25.0 Å². The van der Waals surface area contributed by atoms with Crippen LogP contribution in [0.2, 0.25) is 0 Å². The number of carbonyl (C=O) groups excluding carboxylic acids is 2. The molecule has 8 nitrogen and oxygen atoms in total. The standard InChI is InChI=1S/C21H24FN5O3/c1-13(28)26-7-5-15(6-8-26)24-21-23-11-18(22)20(25-21)14-3-2-4-16(9-14)27-12-17(29)10-19(27)30/h2-4,9,11,15,17,29H,5-8,10,12H2,1H3,(H,23,24,25)/t17-/m1/s1. The molecule has 0 saturated carbocycles. The van der Waals surface area contributed by atoms with Crippen LogP contribution < -0.4 is 10.2 Å². The quantitative estimate of drug-likeness (QED) is 0.793. The SMILES string of the molecule is CC(=O)N1CCC(Nc2ncc(F)c(-c3cccc(N4C[C@H](O)CC4=O)c3)n2)CC1. The van der Waals surface area contributed by atoms with E-state index in [1.807, 2.05) is 0 Å². The van der Waals surface area contributed by atoms with Crippen molar-refractivity contribution in [3.05, 3.63) is 36.3 Å². The van der Waals surface area contributed by atoms with Crippen molar-refractivity contribution in [3.63, 3.8) is 0 Å². The number of nitrogens with zero attached hydrogens (tertiary/aromatic N) is 4. The summed E-state index contributed by atoms with van der Waals surface area (Å²) in [5.74, 6) is -0.331. The van der Waals surface area contributed by atoms with Crippen LogP contribution in [-0.2, 0) is 9.59 Å². The van der Waals surface area contributed by atoms with Crippen LogP contribution in [0.25, 0.3) is 11.3 Å². The molecule has 0 unspecified atom stereocenters. The number of carbonyl (C=O) groups is 2. The summed E-state index contributed by atoms with van der Waals surface area (Å²) in [7, 11) is 0. The molecule has 2 fully saturated rings. The summed E-state index contributed by atoms with van der Waals surface area (Å²) in [6, 6.07) is 7.00. The van der Waals surface area contributed by atoms with E-state index in [0.29, 0.717) is 30.3 Å². The first-order valence-corrected chi connectivity index (χ1v) is 10.0. The molecule has 2 amide bonds. The summed E-state index contributed by atoms with van der Waals surface area (Å²) in [5.41, 5.74) is 1.26. The van der Waals surface area contributed by atoms with Gasteiger partial charge in [0.25, 0.3) is 0 Å². The zero-order chi connectivity index (χ0) is 21.3. The highest BCUT2D eigenvalue weighted by atomic mass is 19.1. The van der Waals surface area contributed by atoms with Crippen molar-refractivity contribution < 1.29 is 19.1 Å². The average molecular weight is 413 g/mol. The number of benzene rings is 1. The number of likely N-dealkylation sites (tertiary alicyclic amines) is 1. The van der Waals surface area contributed by atoms with Crippen molar-refractivity contribution in [2.75, 3.05) is 29.9 Å². The largest absolute Gasteiger partial charge is 0.391 e. The number of aliphatic hydroxyl groups is 1. The maximum Gasteiger partial charge on any atom is 0.229 e. The Hall–Kier alpha value is -3.07. The number of hydrogen-bond acceptors (Lipinski definition) is 6. The Kier molecular flexibility index (Phi) is 5.63. The minimum absolute atomic E-state index is 0.0673. The van der Waals surface area contributed by atoms with E-state index >= 15 is 0 Å². The van der Waals surface area contributed by atoms with E-state index in [1.165, 1.54) is 4.90 Å². The van der Waals surface area contributed by atoms with E-state index in [-0.39, 0.29) is 36.5 Å². The van der Waals surface area contributed by atoms with Gasteiger partial charge in [0.1, 0.15) is 5.69 Å². The molecule has 2 aliphatic heterocycles. The highest BCUT2D eigenvalue weighted by molar-refractivity contribution is 5.96. The molecule has 0 radical (unpaired) electrons. The second-order valence-electron chi connectivity index (χ2n) is 7.73. The Bertz CT molecular complexity index is 961. The smallest absolute Gasteiger partial charge is 0.229 e. The van der Waals surface area contributed by atoms with Crippen LogP contribution in [0.15, 0.2) is 30.5 Å². The Labute approximate surface area is 173 Å². The lowest BCUT2D eigenvalue weighted by atomic mass is 10.1. The molecule has 2 saturated heterocycles. The topological polar surface area (TPSA) is 98.7 Å². The molecule has 0 bridgehead atoms. The third kappa shape index (κ3) is 4.25. The number of rotatable bonds is 4. The van der Waals surface area contributed by atoms with Crippen molar-refractivity contribution in [1.29, 1.82) is 0 Å². The van der Waals surface area contributed by atoms with Crippen LogP contribution in [0.5, 0.6) is 0 Å². The molecular formula is C21H24FN5O3. The van der Waals surface area contributed by atoms with Gasteiger partial charge in [-0.15, -0.1) is 0 Å². The molecule has 2 aliphatic rings. The molecule has 1 aromatic heterocycles. The molecule has 0 aliphatic carbocycles. The zero-order valence-electron chi connectivity index (χ0n) is 16.7. The Morgan fingerprint density at radius 2 is 2.07 bits per heavy atom. The Morgan fingerprint density at radius 3 is 2.73 bits per heavy atom. The van der Waals surface area contributed by atoms with Crippen molar-refractivity contribution >= 4 is 23.5 Å². The number of amides is 2. The molecule has 4 rings (SSSR count). The van der Waals surface area contributed by atoms with Gasteiger partial charge in [-0.25, -0.2) is 14.4 Å². The maximum absolute atomic E-state index is 14.5. The van der Waals surface area contributed by atoms with Crippen LogP contribution in [0, 0.1) is 5.82 Å². The van der Waals surface area contributed by atoms with E-state index in [4.69, 9.17) is 0 Å². The molecule has 30 heavy (non-hydrogen) atoms. The summed E-state index contributed by atoms with van der Waals surface area (Å²) >= 11 is 0. The predicted octanol–water partition coefficient (Wildman–Crippen LogP) is 1.80. The number of halogens is 1. The van der Waals surface area contributed by atoms with Crippen LogP contribution in [0.1, 0.15) is 26.2 Å². The molecule has 0 spiro atoms. The molecule has 2 aromatic rings. The molecule has 9 heteroatoms. The summed E-state index contributed by atoms with van der Waals surface area (Å²) in [5, 5.41) is 13.0. The molecule has 3 heterocycles. The van der Waals surface area contributed by atoms with Gasteiger partial charge in [-0.2, -0.15) is 0 Å². The van der Waals surface area contributed by atoms with Crippen LogP contribution >= 0.6 is 0 Å². The van der Waals surface area contributed by atoms with Crippen molar-refractivity contribution in [2.45, 2.75) is 38.3 Å². The summed E-state index contributed by atoms with van der Waals surface area (Å²) in [4.78, 5) is 35.3. The number of nitrogens with one attached hydrogen (secondary N) is 1. The van der Waals surface area contributed by atoms with Crippen molar-refractivity contribution in [1.82, 2.24) is 14.9 Å². The number of anilines is 2. The number of aromatic nitrogens is 2. The monoisotopic (exact) mass is 413 g/mol. The lowest BCUT2D eigenvalue weighted by Gasteiger charge is -2.31. The number of hydrogen-bond donors (Lipinski definition) is 2. The van der Waals surface area contributed by atoms with E-state index in [2.05, 4.69) is 15.3 Å². The number of β-amino-alcohol motifs (C(OH)–C–C–N with tert-alkyl or cyclic N) is 1. The van der Waals surface area contributed by atoms with Gasteiger partial charge in [0.15, 0.2) is 5.82 Å². The second-order valence-corrected chi connectivity index (χ2v) is 7.73. The third-order valence-electron chi connectivity index (χ3n) is 5.55. The normalized spacial score (nSPS) is 20.0. The van der Waals surface area contributed by atoms with Gasteiger partial charge in [-0.3, -0.25) is 9.59 Å². The molecule has 2 N–H and O–H groups in total. The third-order valence-corrected chi connectivity index (χ3v) is 5.55. The van der Waals surface area contributed by atoms with E-state index in [1.54, 1.807) is 36.1 Å². The lowest BCUT2D eigenvalue weighted by Crippen LogP contribution is -2.41. The highest BCUT2D eigenvalue weighted by Gasteiger charge is 2.29. The molecule has 1 atom stereocenters. The summed E-state index contributed by atoms with van der Waals surface area (Å²) < 4.78 is 14.5. The van der Waals surface area contributed by atoms with E-state index < -0.39 is 11.9 Å². The minimum atomic E-state index is -0.692. The summed E-state index contributed by atoms with van der Waals surface area (Å²) in [6.45, 7) is 3.12. The Balaban J connectivity index is 1.52. The van der Waals surface area contributed by atoms with Gasteiger partial charge in [-0.1, -0.05) is 12.1 Å². The highest BCUT2D eigenvalue weighted by Crippen LogP contribution is 2.28. The molecule has 1 aromatic carbocycles. The van der Waals surface area contributed by atoms with Gasteiger partial charge in [0.05, 0.1) is 25.3 Å². The van der Waals surface area contributed by atoms with Crippen molar-refractivity contribution in [2.24, 2.45) is 0 Å². The number of piperidine rings is 1. The first-order chi connectivity index (χ1) is 14.4. The van der Waals surface area contributed by atoms with Crippen LogP contribution in [-0.4, -0.2) is 63.6 Å². The first kappa shape index (κ1) is 20.2. The van der Waals surface area contributed by atoms with Gasteiger partial charge >= 0.3 is 0 Å². The van der Waals surface area contributed by atoms with E-state index in [0.717, 1.165) is 19.0 Å². The summed E-state index contributed by atoms with van der Waals surface area (Å²) in [6.07, 6.45) is 2.06. The van der Waals surface area contributed by atoms with Crippen LogP contribution in [0.3, 0.4) is 0 Å². The maximum atomic E-state index is 14.5. The first-order valence-electron chi connectivity index (χ1n) is 10.0. The van der Waals surface area contributed by atoms with Gasteiger partial charge in [0.2, 0.25) is 17.8 Å². The molecule has 158 valence electrons. The van der Waals surface area contributed by atoms with Crippen LogP contribution in [0.4, 0.5) is 16.0 Å². The van der Waals surface area contributed by atoms with Gasteiger partial charge < -0.3 is 20.2 Å².